The summed E-state index contributed by atoms with van der Waals surface area (Å²) in [4.78, 5) is 26.7. The predicted molar refractivity (Wildman–Crippen MR) is 90.2 cm³/mol. The number of methoxy groups -OCH3 is 1. The zero-order valence-corrected chi connectivity index (χ0v) is 13.7. The summed E-state index contributed by atoms with van der Waals surface area (Å²) in [6, 6.07) is 8.91. The summed E-state index contributed by atoms with van der Waals surface area (Å²) in [5, 5.41) is 27.0. The molecule has 0 aliphatic rings. The number of aromatic carboxylic acids is 1. The van der Waals surface area contributed by atoms with Crippen molar-refractivity contribution in [3.05, 3.63) is 53.9 Å². The van der Waals surface area contributed by atoms with Crippen molar-refractivity contribution < 1.29 is 24.5 Å². The third kappa shape index (κ3) is 3.36. The molecular formula is C17H14N4O5. The Labute approximate surface area is 147 Å². The maximum Gasteiger partial charge on any atom is 0.335 e. The molecule has 0 fully saturated rings. The van der Waals surface area contributed by atoms with E-state index in [4.69, 9.17) is 5.11 Å². The summed E-state index contributed by atoms with van der Waals surface area (Å²) in [6.07, 6.45) is 1.49. The van der Waals surface area contributed by atoms with Crippen LogP contribution in [-0.2, 0) is 16.0 Å². The number of hydrogen-bond acceptors (Lipinski definition) is 7. The number of carbonyl (C=O) groups is 2. The van der Waals surface area contributed by atoms with Gasteiger partial charge in [0.25, 0.3) is 0 Å². The van der Waals surface area contributed by atoms with Crippen molar-refractivity contribution in [3.63, 3.8) is 0 Å². The number of carboxylic acid groups (broad SMARTS) is 1. The molecule has 0 spiro atoms. The van der Waals surface area contributed by atoms with Gasteiger partial charge in [-0.2, -0.15) is 0 Å². The number of esters is 1. The quantitative estimate of drug-likeness (QED) is 0.536. The molecule has 1 aromatic carbocycles. The summed E-state index contributed by atoms with van der Waals surface area (Å²) >= 11 is 0. The highest BCUT2D eigenvalue weighted by Gasteiger charge is 2.17. The molecule has 0 saturated heterocycles. The molecule has 2 heterocycles. The molecular weight excluding hydrogens is 340 g/mol. The summed E-state index contributed by atoms with van der Waals surface area (Å²) in [5.74, 6) is -1.34. The molecule has 9 heteroatoms. The number of aromatic hydroxyl groups is 1. The van der Waals surface area contributed by atoms with Crippen molar-refractivity contribution in [2.24, 2.45) is 10.2 Å². The Morgan fingerprint density at radius 3 is 2.58 bits per heavy atom. The van der Waals surface area contributed by atoms with E-state index in [-0.39, 0.29) is 29.2 Å². The van der Waals surface area contributed by atoms with Gasteiger partial charge in [-0.1, -0.05) is 0 Å². The monoisotopic (exact) mass is 354 g/mol. The van der Waals surface area contributed by atoms with Gasteiger partial charge in [-0.25, -0.2) is 9.78 Å². The average molecular weight is 354 g/mol. The molecule has 0 amide bonds. The van der Waals surface area contributed by atoms with Gasteiger partial charge in [-0.3, -0.25) is 9.20 Å². The van der Waals surface area contributed by atoms with Crippen LogP contribution in [0.4, 0.5) is 11.5 Å². The van der Waals surface area contributed by atoms with Crippen LogP contribution in [0.1, 0.15) is 16.1 Å². The fourth-order valence-corrected chi connectivity index (χ4v) is 2.30. The maximum atomic E-state index is 11.6. The lowest BCUT2D eigenvalue weighted by atomic mass is 10.2. The smallest absolute Gasteiger partial charge is 0.335 e. The second-order valence-corrected chi connectivity index (χ2v) is 5.27. The van der Waals surface area contributed by atoms with Gasteiger partial charge in [0, 0.05) is 6.20 Å². The zero-order chi connectivity index (χ0) is 18.7. The number of fused-ring (bicyclic) bond motifs is 1. The fourth-order valence-electron chi connectivity index (χ4n) is 2.30. The van der Waals surface area contributed by atoms with Crippen LogP contribution in [0.5, 0.6) is 5.75 Å². The maximum absolute atomic E-state index is 11.6. The highest BCUT2D eigenvalue weighted by atomic mass is 16.5. The van der Waals surface area contributed by atoms with Crippen molar-refractivity contribution in [3.8, 4) is 5.75 Å². The number of rotatable bonds is 5. The zero-order valence-electron chi connectivity index (χ0n) is 13.7. The average Bonchev–Trinajstić information content (AvgIpc) is 2.98. The molecule has 132 valence electrons. The minimum atomic E-state index is -1.04. The molecule has 9 nitrogen and oxygen atoms in total. The van der Waals surface area contributed by atoms with Crippen LogP contribution >= 0.6 is 0 Å². The molecule has 0 saturated carbocycles. The van der Waals surface area contributed by atoms with Crippen molar-refractivity contribution >= 4 is 29.1 Å². The number of carboxylic acids is 1. The second kappa shape index (κ2) is 7.01. The van der Waals surface area contributed by atoms with Gasteiger partial charge in [0.2, 0.25) is 0 Å². The van der Waals surface area contributed by atoms with Crippen LogP contribution in [0, 0.1) is 0 Å². The standard InChI is InChI=1S/C17H14N4O5/c1-26-14(23)9-12-15(21-8-2-3-13(22)16(21)18-12)20-19-11-6-4-10(5-7-11)17(24)25/h2-8,22H,9H2,1H3,(H,24,25). The van der Waals surface area contributed by atoms with Crippen molar-refractivity contribution in [1.29, 1.82) is 0 Å². The van der Waals surface area contributed by atoms with Gasteiger partial charge in [-0.05, 0) is 36.4 Å². The summed E-state index contributed by atoms with van der Waals surface area (Å²) in [5.41, 5.74) is 1.09. The Bertz CT molecular complexity index is 1010. The molecule has 0 unspecified atom stereocenters. The topological polar surface area (TPSA) is 126 Å². The van der Waals surface area contributed by atoms with Gasteiger partial charge in [0.05, 0.1) is 30.5 Å². The number of carbonyl (C=O) groups excluding carboxylic acids is 1. The Balaban J connectivity index is 2.01. The fraction of sp³-hybridized carbons (Fsp3) is 0.118. The van der Waals surface area contributed by atoms with E-state index in [1.807, 2.05) is 0 Å². The summed E-state index contributed by atoms with van der Waals surface area (Å²) in [7, 11) is 1.26. The van der Waals surface area contributed by atoms with E-state index in [1.165, 1.54) is 41.8 Å². The lowest BCUT2D eigenvalue weighted by Gasteiger charge is -1.99. The number of imidazole rings is 1. The molecule has 0 bridgehead atoms. The summed E-state index contributed by atoms with van der Waals surface area (Å²) < 4.78 is 6.16. The number of pyridine rings is 1. The molecule has 0 atom stereocenters. The molecule has 0 radical (unpaired) electrons. The first kappa shape index (κ1) is 17.1. The Morgan fingerprint density at radius 2 is 1.92 bits per heavy atom. The third-order valence-corrected chi connectivity index (χ3v) is 3.59. The van der Waals surface area contributed by atoms with Crippen molar-refractivity contribution in [1.82, 2.24) is 9.38 Å². The molecule has 2 N–H and O–H groups in total. The Kier molecular flexibility index (Phi) is 4.61. The number of aromatic nitrogens is 2. The SMILES string of the molecule is COC(=O)Cc1nc2c(O)cccn2c1N=Nc1ccc(C(=O)O)cc1. The number of nitrogens with zero attached hydrogens (tertiary/aromatic N) is 4. The molecule has 3 aromatic rings. The number of azo groups is 1. The van der Waals surface area contributed by atoms with Crippen LogP contribution in [0.3, 0.4) is 0 Å². The normalized spacial score (nSPS) is 11.1. The Morgan fingerprint density at radius 1 is 1.19 bits per heavy atom. The first-order valence-electron chi connectivity index (χ1n) is 7.50. The highest BCUT2D eigenvalue weighted by molar-refractivity contribution is 5.87. The van der Waals surface area contributed by atoms with Crippen molar-refractivity contribution in [2.45, 2.75) is 6.42 Å². The van der Waals surface area contributed by atoms with E-state index in [1.54, 1.807) is 12.3 Å². The number of hydrogen-bond donors (Lipinski definition) is 2. The van der Waals surface area contributed by atoms with Gasteiger partial charge in [0.1, 0.15) is 0 Å². The lowest BCUT2D eigenvalue weighted by Crippen LogP contribution is -2.04. The highest BCUT2D eigenvalue weighted by Crippen LogP contribution is 2.28. The van der Waals surface area contributed by atoms with E-state index in [0.717, 1.165) is 0 Å². The number of benzene rings is 1. The van der Waals surface area contributed by atoms with Crippen LogP contribution < -0.4 is 0 Å². The van der Waals surface area contributed by atoms with Crippen molar-refractivity contribution in [2.75, 3.05) is 7.11 Å². The van der Waals surface area contributed by atoms with Gasteiger partial charge < -0.3 is 14.9 Å². The molecule has 0 aliphatic carbocycles. The third-order valence-electron chi connectivity index (χ3n) is 3.59. The molecule has 2 aromatic heterocycles. The minimum absolute atomic E-state index is 0.0640. The summed E-state index contributed by atoms with van der Waals surface area (Å²) in [6.45, 7) is 0. The lowest BCUT2D eigenvalue weighted by molar-refractivity contribution is -0.139. The molecule has 0 aliphatic heterocycles. The van der Waals surface area contributed by atoms with Crippen LogP contribution in [0.15, 0.2) is 52.8 Å². The van der Waals surface area contributed by atoms with E-state index in [2.05, 4.69) is 19.9 Å². The first-order valence-corrected chi connectivity index (χ1v) is 7.50. The van der Waals surface area contributed by atoms with Crippen LogP contribution in [0.25, 0.3) is 5.65 Å². The molecule has 3 rings (SSSR count). The van der Waals surface area contributed by atoms with E-state index >= 15 is 0 Å². The minimum Gasteiger partial charge on any atom is -0.504 e. The first-order chi connectivity index (χ1) is 12.5. The van der Waals surface area contributed by atoms with Gasteiger partial charge >= 0.3 is 11.9 Å². The Hall–Kier alpha value is -3.75. The largest absolute Gasteiger partial charge is 0.504 e. The second-order valence-electron chi connectivity index (χ2n) is 5.27. The predicted octanol–water partition coefficient (Wildman–Crippen LogP) is 2.87. The van der Waals surface area contributed by atoms with Crippen LogP contribution in [0.2, 0.25) is 0 Å². The molecule has 26 heavy (non-hydrogen) atoms. The van der Waals surface area contributed by atoms with Gasteiger partial charge in [-0.15, -0.1) is 10.2 Å². The van der Waals surface area contributed by atoms with E-state index in [9.17, 15) is 14.7 Å². The van der Waals surface area contributed by atoms with E-state index < -0.39 is 11.9 Å². The van der Waals surface area contributed by atoms with Gasteiger partial charge in [0.15, 0.2) is 17.2 Å². The van der Waals surface area contributed by atoms with Crippen LogP contribution in [-0.4, -0.2) is 38.6 Å². The van der Waals surface area contributed by atoms with E-state index in [0.29, 0.717) is 11.4 Å². The number of ether oxygens (including phenoxy) is 1.